The predicted octanol–water partition coefficient (Wildman–Crippen LogP) is 0.845. The standard InChI is InChI=1S/C12H18N4O2/c1-8(11(13)15-18)7-16(3)12(17)10-4-5-14-9(2)6-10/h4-6,8,18H,7H2,1-3H3,(H2,13,15). The molecular formula is C12H18N4O2. The van der Waals surface area contributed by atoms with E-state index in [0.717, 1.165) is 5.69 Å². The Bertz CT molecular complexity index is 459. The Hall–Kier alpha value is -2.11. The number of carbonyl (C=O) groups is 1. The van der Waals surface area contributed by atoms with Gasteiger partial charge in [0.25, 0.3) is 5.91 Å². The van der Waals surface area contributed by atoms with Crippen LogP contribution in [0, 0.1) is 12.8 Å². The number of nitrogens with zero attached hydrogens (tertiary/aromatic N) is 3. The summed E-state index contributed by atoms with van der Waals surface area (Å²) in [5.74, 6) is -0.203. The molecule has 0 aliphatic rings. The van der Waals surface area contributed by atoms with Gasteiger partial charge >= 0.3 is 0 Å². The van der Waals surface area contributed by atoms with Gasteiger partial charge in [-0.1, -0.05) is 12.1 Å². The lowest BCUT2D eigenvalue weighted by Crippen LogP contribution is -2.36. The van der Waals surface area contributed by atoms with E-state index in [-0.39, 0.29) is 17.7 Å². The van der Waals surface area contributed by atoms with E-state index in [2.05, 4.69) is 10.1 Å². The van der Waals surface area contributed by atoms with Gasteiger partial charge in [0.15, 0.2) is 0 Å². The number of amidine groups is 1. The van der Waals surface area contributed by atoms with Gasteiger partial charge in [0, 0.05) is 37.0 Å². The Kier molecular flexibility index (Phi) is 4.65. The molecule has 18 heavy (non-hydrogen) atoms. The van der Waals surface area contributed by atoms with Crippen molar-refractivity contribution in [2.45, 2.75) is 13.8 Å². The highest BCUT2D eigenvalue weighted by molar-refractivity contribution is 5.94. The zero-order valence-corrected chi connectivity index (χ0v) is 10.8. The lowest BCUT2D eigenvalue weighted by atomic mass is 10.1. The lowest BCUT2D eigenvalue weighted by Gasteiger charge is -2.21. The Labute approximate surface area is 106 Å². The third-order valence-corrected chi connectivity index (χ3v) is 2.66. The molecule has 1 heterocycles. The number of hydrogen-bond acceptors (Lipinski definition) is 4. The minimum atomic E-state index is -0.202. The van der Waals surface area contributed by atoms with Crippen molar-refractivity contribution in [1.82, 2.24) is 9.88 Å². The van der Waals surface area contributed by atoms with E-state index < -0.39 is 0 Å². The number of oxime groups is 1. The van der Waals surface area contributed by atoms with E-state index in [4.69, 9.17) is 10.9 Å². The van der Waals surface area contributed by atoms with Gasteiger partial charge < -0.3 is 15.8 Å². The van der Waals surface area contributed by atoms with Crippen LogP contribution in [0.25, 0.3) is 0 Å². The second kappa shape index (κ2) is 6.00. The average molecular weight is 250 g/mol. The normalized spacial score (nSPS) is 13.2. The van der Waals surface area contributed by atoms with Crippen molar-refractivity contribution in [1.29, 1.82) is 0 Å². The number of pyridine rings is 1. The Balaban J connectivity index is 2.73. The average Bonchev–Trinajstić information content (AvgIpc) is 2.36. The summed E-state index contributed by atoms with van der Waals surface area (Å²) in [6.07, 6.45) is 1.60. The van der Waals surface area contributed by atoms with Gasteiger partial charge in [0.1, 0.15) is 5.84 Å². The van der Waals surface area contributed by atoms with Crippen LogP contribution in [-0.4, -0.2) is 40.4 Å². The first-order chi connectivity index (χ1) is 8.45. The minimum absolute atomic E-state index is 0.112. The lowest BCUT2D eigenvalue weighted by molar-refractivity contribution is 0.0786. The van der Waals surface area contributed by atoms with Gasteiger partial charge in [-0.2, -0.15) is 0 Å². The highest BCUT2D eigenvalue weighted by Gasteiger charge is 2.16. The molecule has 1 amide bonds. The van der Waals surface area contributed by atoms with Crippen LogP contribution < -0.4 is 5.73 Å². The minimum Gasteiger partial charge on any atom is -0.409 e. The zero-order chi connectivity index (χ0) is 13.7. The zero-order valence-electron chi connectivity index (χ0n) is 10.8. The van der Waals surface area contributed by atoms with Crippen molar-refractivity contribution in [3.05, 3.63) is 29.6 Å². The second-order valence-electron chi connectivity index (χ2n) is 4.30. The van der Waals surface area contributed by atoms with Crippen LogP contribution in [0.3, 0.4) is 0 Å². The topological polar surface area (TPSA) is 91.8 Å². The summed E-state index contributed by atoms with van der Waals surface area (Å²) in [6, 6.07) is 3.40. The Morgan fingerprint density at radius 3 is 2.89 bits per heavy atom. The highest BCUT2D eigenvalue weighted by Crippen LogP contribution is 2.07. The predicted molar refractivity (Wildman–Crippen MR) is 68.5 cm³/mol. The van der Waals surface area contributed by atoms with Gasteiger partial charge in [-0.25, -0.2) is 0 Å². The monoisotopic (exact) mass is 250 g/mol. The first-order valence-corrected chi connectivity index (χ1v) is 5.61. The second-order valence-corrected chi connectivity index (χ2v) is 4.30. The number of aromatic nitrogens is 1. The summed E-state index contributed by atoms with van der Waals surface area (Å²) in [5, 5.41) is 11.5. The van der Waals surface area contributed by atoms with Crippen molar-refractivity contribution in [2.75, 3.05) is 13.6 Å². The molecule has 1 atom stereocenters. The summed E-state index contributed by atoms with van der Waals surface area (Å²) >= 11 is 0. The smallest absolute Gasteiger partial charge is 0.253 e. The van der Waals surface area contributed by atoms with Gasteiger partial charge in [-0.05, 0) is 19.1 Å². The summed E-state index contributed by atoms with van der Waals surface area (Å²) in [7, 11) is 1.68. The first kappa shape index (κ1) is 14.0. The molecule has 1 unspecified atom stereocenters. The largest absolute Gasteiger partial charge is 0.409 e. The van der Waals surface area contributed by atoms with E-state index in [1.807, 2.05) is 6.92 Å². The Morgan fingerprint density at radius 2 is 2.33 bits per heavy atom. The maximum absolute atomic E-state index is 12.1. The van der Waals surface area contributed by atoms with Gasteiger partial charge in [0.05, 0.1) is 0 Å². The molecule has 0 saturated heterocycles. The van der Waals surface area contributed by atoms with E-state index in [1.54, 1.807) is 32.3 Å². The number of hydrogen-bond donors (Lipinski definition) is 2. The molecule has 6 heteroatoms. The fourth-order valence-electron chi connectivity index (χ4n) is 1.58. The first-order valence-electron chi connectivity index (χ1n) is 5.61. The molecular weight excluding hydrogens is 232 g/mol. The SMILES string of the molecule is Cc1cc(C(=O)N(C)CC(C)/C(N)=N/O)ccn1. The molecule has 1 aromatic rings. The van der Waals surface area contributed by atoms with Crippen LogP contribution in [-0.2, 0) is 0 Å². The van der Waals surface area contributed by atoms with Crippen molar-refractivity contribution in [3.63, 3.8) is 0 Å². The maximum atomic E-state index is 12.1. The fourth-order valence-corrected chi connectivity index (χ4v) is 1.58. The number of amides is 1. The van der Waals surface area contributed by atoms with Gasteiger partial charge in [-0.3, -0.25) is 9.78 Å². The van der Waals surface area contributed by atoms with Crippen LogP contribution in [0.5, 0.6) is 0 Å². The molecule has 0 aliphatic heterocycles. The third kappa shape index (κ3) is 3.44. The molecule has 0 saturated carbocycles. The summed E-state index contributed by atoms with van der Waals surface area (Å²) in [6.45, 7) is 4.00. The van der Waals surface area contributed by atoms with E-state index in [9.17, 15) is 4.79 Å². The molecule has 0 aromatic carbocycles. The van der Waals surface area contributed by atoms with Crippen molar-refractivity contribution >= 4 is 11.7 Å². The molecule has 6 nitrogen and oxygen atoms in total. The number of nitrogens with two attached hydrogens (primary N) is 1. The molecule has 0 aliphatic carbocycles. The van der Waals surface area contributed by atoms with Crippen LogP contribution in [0.15, 0.2) is 23.5 Å². The summed E-state index contributed by atoms with van der Waals surface area (Å²) in [5.41, 5.74) is 6.85. The molecule has 0 radical (unpaired) electrons. The summed E-state index contributed by atoms with van der Waals surface area (Å²) in [4.78, 5) is 17.7. The summed E-state index contributed by atoms with van der Waals surface area (Å²) < 4.78 is 0. The van der Waals surface area contributed by atoms with Crippen molar-refractivity contribution in [3.8, 4) is 0 Å². The quantitative estimate of drug-likeness (QED) is 0.358. The van der Waals surface area contributed by atoms with Crippen molar-refractivity contribution in [2.24, 2.45) is 16.8 Å². The van der Waals surface area contributed by atoms with E-state index in [1.165, 1.54) is 4.90 Å². The fraction of sp³-hybridized carbons (Fsp3) is 0.417. The third-order valence-electron chi connectivity index (χ3n) is 2.66. The highest BCUT2D eigenvalue weighted by atomic mass is 16.4. The number of carbonyl (C=O) groups excluding carboxylic acids is 1. The molecule has 0 bridgehead atoms. The van der Waals surface area contributed by atoms with E-state index in [0.29, 0.717) is 12.1 Å². The molecule has 1 aromatic heterocycles. The molecule has 3 N–H and O–H groups in total. The number of rotatable bonds is 4. The maximum Gasteiger partial charge on any atom is 0.253 e. The molecule has 0 fully saturated rings. The van der Waals surface area contributed by atoms with Gasteiger partial charge in [0.2, 0.25) is 0 Å². The van der Waals surface area contributed by atoms with Crippen molar-refractivity contribution < 1.29 is 10.0 Å². The van der Waals surface area contributed by atoms with E-state index >= 15 is 0 Å². The molecule has 0 spiro atoms. The molecule has 98 valence electrons. The van der Waals surface area contributed by atoms with Crippen LogP contribution >= 0.6 is 0 Å². The van der Waals surface area contributed by atoms with Crippen LogP contribution in [0.2, 0.25) is 0 Å². The van der Waals surface area contributed by atoms with Crippen LogP contribution in [0.1, 0.15) is 23.0 Å². The Morgan fingerprint density at radius 1 is 1.67 bits per heavy atom. The molecule has 1 rings (SSSR count). The van der Waals surface area contributed by atoms with Gasteiger partial charge in [-0.15, -0.1) is 0 Å². The number of aryl methyl sites for hydroxylation is 1. The van der Waals surface area contributed by atoms with Crippen LogP contribution in [0.4, 0.5) is 0 Å².